The molecule has 1 aliphatic carbocycles. The van der Waals surface area contributed by atoms with Crippen LogP contribution in [0.25, 0.3) is 0 Å². The van der Waals surface area contributed by atoms with E-state index in [9.17, 15) is 9.59 Å². The highest BCUT2D eigenvalue weighted by Crippen LogP contribution is 2.46. The molecule has 1 fully saturated rings. The van der Waals surface area contributed by atoms with Crippen LogP contribution in [0, 0.1) is 12.8 Å². The van der Waals surface area contributed by atoms with Gasteiger partial charge in [0.05, 0.1) is 17.8 Å². The van der Waals surface area contributed by atoms with Crippen LogP contribution in [0.2, 0.25) is 0 Å². The fourth-order valence-corrected chi connectivity index (χ4v) is 3.58. The molecule has 0 radical (unpaired) electrons. The van der Waals surface area contributed by atoms with E-state index in [0.29, 0.717) is 5.92 Å². The molecular formula is C19H26N2O3. The Kier molecular flexibility index (Phi) is 4.52. The van der Waals surface area contributed by atoms with Gasteiger partial charge in [-0.3, -0.25) is 9.69 Å². The van der Waals surface area contributed by atoms with E-state index in [2.05, 4.69) is 11.4 Å². The Bertz CT molecular complexity index is 652. The number of rotatable bonds is 3. The van der Waals surface area contributed by atoms with Gasteiger partial charge in [-0.2, -0.15) is 0 Å². The van der Waals surface area contributed by atoms with E-state index in [1.807, 2.05) is 37.8 Å². The molecular weight excluding hydrogens is 304 g/mol. The summed E-state index contributed by atoms with van der Waals surface area (Å²) < 4.78 is 5.50. The Hall–Kier alpha value is -2.04. The van der Waals surface area contributed by atoms with Crippen LogP contribution >= 0.6 is 0 Å². The number of carbonyl (C=O) groups excluding carboxylic acids is 2. The minimum atomic E-state index is -0.284. The lowest BCUT2D eigenvalue weighted by molar-refractivity contribution is -0.119. The number of nitrogens with one attached hydrogen (secondary N) is 1. The molecule has 2 amide bonds. The summed E-state index contributed by atoms with van der Waals surface area (Å²) in [4.78, 5) is 26.2. The predicted octanol–water partition coefficient (Wildman–Crippen LogP) is 3.71. The van der Waals surface area contributed by atoms with Crippen molar-refractivity contribution in [3.63, 3.8) is 0 Å². The fourth-order valence-electron chi connectivity index (χ4n) is 3.58. The molecule has 0 bridgehead atoms. The third kappa shape index (κ3) is 3.40. The molecule has 1 aliphatic heterocycles. The monoisotopic (exact) mass is 330 g/mol. The molecule has 5 nitrogen and oxygen atoms in total. The third-order valence-corrected chi connectivity index (χ3v) is 4.70. The SMILES string of the molecule is CC(=O)N[C@H]1C[C@@H](C2CC2)N(C(=O)OC(C)C)c2ccc(C)cc21. The average Bonchev–Trinajstić information content (AvgIpc) is 3.30. The zero-order chi connectivity index (χ0) is 17.4. The number of fused-ring (bicyclic) bond motifs is 1. The van der Waals surface area contributed by atoms with Gasteiger partial charge >= 0.3 is 6.09 Å². The van der Waals surface area contributed by atoms with Crippen LogP contribution in [0.1, 0.15) is 57.2 Å². The topological polar surface area (TPSA) is 58.6 Å². The Morgan fingerprint density at radius 3 is 2.58 bits per heavy atom. The molecule has 0 unspecified atom stereocenters. The van der Waals surface area contributed by atoms with E-state index in [4.69, 9.17) is 4.74 Å². The first kappa shape index (κ1) is 16.8. The van der Waals surface area contributed by atoms with Crippen LogP contribution in [0.5, 0.6) is 0 Å². The molecule has 3 rings (SSSR count). The third-order valence-electron chi connectivity index (χ3n) is 4.70. The molecule has 1 heterocycles. The Morgan fingerprint density at radius 2 is 2.00 bits per heavy atom. The summed E-state index contributed by atoms with van der Waals surface area (Å²) in [5, 5.41) is 3.06. The normalized spacial score (nSPS) is 23.0. The standard InChI is InChI=1S/C19H26N2O3/c1-11(2)24-19(23)21-17-8-5-12(3)9-15(17)16(20-13(4)22)10-18(21)14-6-7-14/h5,8-9,11,14,16,18H,6-7,10H2,1-4H3,(H,20,22)/t16-,18-/m0/s1. The van der Waals surface area contributed by atoms with Crippen molar-refractivity contribution in [3.8, 4) is 0 Å². The van der Waals surface area contributed by atoms with Gasteiger partial charge in [0.2, 0.25) is 5.91 Å². The Balaban J connectivity index is 2.02. The van der Waals surface area contributed by atoms with Crippen LogP contribution in [0.15, 0.2) is 18.2 Å². The van der Waals surface area contributed by atoms with Crippen molar-refractivity contribution in [1.82, 2.24) is 5.32 Å². The van der Waals surface area contributed by atoms with Crippen molar-refractivity contribution in [2.75, 3.05) is 4.90 Å². The summed E-state index contributed by atoms with van der Waals surface area (Å²) in [6.45, 7) is 7.30. The Morgan fingerprint density at radius 1 is 1.29 bits per heavy atom. The maximum absolute atomic E-state index is 12.7. The molecule has 1 saturated carbocycles. The fraction of sp³-hybridized carbons (Fsp3) is 0.579. The number of carbonyl (C=O) groups is 2. The molecule has 24 heavy (non-hydrogen) atoms. The summed E-state index contributed by atoms with van der Waals surface area (Å²) in [7, 11) is 0. The molecule has 1 N–H and O–H groups in total. The zero-order valence-electron chi connectivity index (χ0n) is 14.8. The van der Waals surface area contributed by atoms with Gasteiger partial charge in [-0.1, -0.05) is 17.7 Å². The van der Waals surface area contributed by atoms with Crippen molar-refractivity contribution in [3.05, 3.63) is 29.3 Å². The van der Waals surface area contributed by atoms with E-state index < -0.39 is 0 Å². The molecule has 0 aromatic heterocycles. The number of nitrogens with zero attached hydrogens (tertiary/aromatic N) is 1. The van der Waals surface area contributed by atoms with Crippen molar-refractivity contribution in [2.24, 2.45) is 5.92 Å². The summed E-state index contributed by atoms with van der Waals surface area (Å²) in [6, 6.07) is 6.09. The highest BCUT2D eigenvalue weighted by atomic mass is 16.6. The molecule has 5 heteroatoms. The van der Waals surface area contributed by atoms with Crippen molar-refractivity contribution >= 4 is 17.7 Å². The van der Waals surface area contributed by atoms with Crippen LogP contribution in [0.3, 0.4) is 0 Å². The number of benzene rings is 1. The number of ether oxygens (including phenoxy) is 1. The number of aryl methyl sites for hydroxylation is 1. The predicted molar refractivity (Wildman–Crippen MR) is 93.0 cm³/mol. The smallest absolute Gasteiger partial charge is 0.414 e. The number of anilines is 1. The molecule has 130 valence electrons. The van der Waals surface area contributed by atoms with Crippen molar-refractivity contribution in [2.45, 2.75) is 65.1 Å². The first-order valence-electron chi connectivity index (χ1n) is 8.74. The largest absolute Gasteiger partial charge is 0.446 e. The molecule has 2 aliphatic rings. The number of hydrogen-bond donors (Lipinski definition) is 1. The second-order valence-electron chi connectivity index (χ2n) is 7.26. The molecule has 2 atom stereocenters. The second-order valence-corrected chi connectivity index (χ2v) is 7.26. The van der Waals surface area contributed by atoms with Gasteiger partial charge in [-0.15, -0.1) is 0 Å². The van der Waals surface area contributed by atoms with Crippen molar-refractivity contribution < 1.29 is 14.3 Å². The first-order chi connectivity index (χ1) is 11.4. The van der Waals surface area contributed by atoms with E-state index in [-0.39, 0.29) is 30.2 Å². The number of hydrogen-bond acceptors (Lipinski definition) is 3. The molecule has 0 spiro atoms. The van der Waals surface area contributed by atoms with Gasteiger partial charge < -0.3 is 10.1 Å². The van der Waals surface area contributed by atoms with Gasteiger partial charge in [-0.05, 0) is 57.6 Å². The average molecular weight is 330 g/mol. The van der Waals surface area contributed by atoms with Crippen LogP contribution in [0.4, 0.5) is 10.5 Å². The maximum atomic E-state index is 12.7. The van der Waals surface area contributed by atoms with E-state index >= 15 is 0 Å². The minimum Gasteiger partial charge on any atom is -0.446 e. The van der Waals surface area contributed by atoms with E-state index in [1.165, 1.54) is 0 Å². The molecule has 0 saturated heterocycles. The first-order valence-corrected chi connectivity index (χ1v) is 8.74. The second kappa shape index (κ2) is 6.46. The van der Waals surface area contributed by atoms with Crippen LogP contribution in [-0.2, 0) is 9.53 Å². The summed E-state index contributed by atoms with van der Waals surface area (Å²) in [5.74, 6) is 0.454. The number of amides is 2. The molecule has 1 aromatic carbocycles. The van der Waals surface area contributed by atoms with Gasteiger partial charge in [0.15, 0.2) is 0 Å². The van der Waals surface area contributed by atoms with Crippen LogP contribution < -0.4 is 10.2 Å². The maximum Gasteiger partial charge on any atom is 0.414 e. The van der Waals surface area contributed by atoms with Gasteiger partial charge in [0.25, 0.3) is 0 Å². The molecule has 1 aromatic rings. The quantitative estimate of drug-likeness (QED) is 0.919. The lowest BCUT2D eigenvalue weighted by atomic mass is 9.88. The van der Waals surface area contributed by atoms with Crippen molar-refractivity contribution in [1.29, 1.82) is 0 Å². The summed E-state index contributed by atoms with van der Waals surface area (Å²) in [6.07, 6.45) is 2.56. The summed E-state index contributed by atoms with van der Waals surface area (Å²) in [5.41, 5.74) is 2.99. The van der Waals surface area contributed by atoms with E-state index in [0.717, 1.165) is 36.1 Å². The van der Waals surface area contributed by atoms with Gasteiger partial charge in [-0.25, -0.2) is 4.79 Å². The zero-order valence-corrected chi connectivity index (χ0v) is 14.8. The van der Waals surface area contributed by atoms with Gasteiger partial charge in [0.1, 0.15) is 0 Å². The van der Waals surface area contributed by atoms with Gasteiger partial charge in [0, 0.05) is 13.0 Å². The van der Waals surface area contributed by atoms with Crippen LogP contribution in [-0.4, -0.2) is 24.1 Å². The highest BCUT2D eigenvalue weighted by Gasteiger charge is 2.44. The summed E-state index contributed by atoms with van der Waals surface area (Å²) >= 11 is 0. The lowest BCUT2D eigenvalue weighted by Gasteiger charge is -2.41. The highest BCUT2D eigenvalue weighted by molar-refractivity contribution is 5.91. The Labute approximate surface area is 143 Å². The lowest BCUT2D eigenvalue weighted by Crippen LogP contribution is -2.49. The van der Waals surface area contributed by atoms with E-state index in [1.54, 1.807) is 6.92 Å². The minimum absolute atomic E-state index is 0.0415.